The highest BCUT2D eigenvalue weighted by Crippen LogP contribution is 2.31. The molecule has 0 atom stereocenters. The van der Waals surface area contributed by atoms with Gasteiger partial charge in [0.1, 0.15) is 4.90 Å². The largest absolute Gasteiger partial charge is 0.334 e. The molecule has 2 amide bonds. The number of carbonyl (C=O) groups is 1. The number of benzene rings is 1. The molecule has 0 aliphatic heterocycles. The Balaban J connectivity index is 1.43. The Labute approximate surface area is 214 Å². The van der Waals surface area contributed by atoms with Gasteiger partial charge in [0.15, 0.2) is 0 Å². The zero-order valence-electron chi connectivity index (χ0n) is 19.3. The van der Waals surface area contributed by atoms with Gasteiger partial charge in [-0.25, -0.2) is 17.9 Å². The summed E-state index contributed by atoms with van der Waals surface area (Å²) in [6, 6.07) is 4.57. The number of aryl methyl sites for hydroxylation is 1. The summed E-state index contributed by atoms with van der Waals surface area (Å²) in [4.78, 5) is 12.2. The SMILES string of the molecule is CC(C)n1cc(S(=O)(=O)NC(=O)NCC=C2CCCc3cnn(Cc4ccc(Cl)cc4Cl)c32)cn1. The molecule has 9 nitrogen and oxygen atoms in total. The summed E-state index contributed by atoms with van der Waals surface area (Å²) < 4.78 is 30.4. The van der Waals surface area contributed by atoms with Crippen LogP contribution in [0.25, 0.3) is 5.57 Å². The fourth-order valence-corrected chi connectivity index (χ4v) is 5.26. The molecule has 0 saturated carbocycles. The second-order valence-electron chi connectivity index (χ2n) is 8.56. The van der Waals surface area contributed by atoms with Gasteiger partial charge < -0.3 is 5.32 Å². The number of rotatable bonds is 7. The minimum atomic E-state index is -4.02. The van der Waals surface area contributed by atoms with Crippen LogP contribution in [0.3, 0.4) is 0 Å². The Morgan fingerprint density at radius 3 is 2.71 bits per heavy atom. The maximum absolute atomic E-state index is 12.5. The monoisotopic (exact) mass is 536 g/mol. The molecule has 186 valence electrons. The quantitative estimate of drug-likeness (QED) is 0.464. The lowest BCUT2D eigenvalue weighted by molar-refractivity contribution is 0.247. The van der Waals surface area contributed by atoms with E-state index >= 15 is 0 Å². The number of fused-ring (bicyclic) bond motifs is 1. The third-order valence-electron chi connectivity index (χ3n) is 5.70. The molecule has 2 N–H and O–H groups in total. The van der Waals surface area contributed by atoms with Crippen molar-refractivity contribution in [2.45, 2.75) is 50.6 Å². The number of aromatic nitrogens is 4. The number of nitrogens with one attached hydrogen (secondary N) is 2. The van der Waals surface area contributed by atoms with Gasteiger partial charge in [0.05, 0.1) is 24.6 Å². The predicted octanol–water partition coefficient (Wildman–Crippen LogP) is 4.42. The average Bonchev–Trinajstić information content (AvgIpc) is 3.44. The Hall–Kier alpha value is -2.82. The molecule has 2 heterocycles. The third-order valence-corrected chi connectivity index (χ3v) is 7.57. The summed E-state index contributed by atoms with van der Waals surface area (Å²) in [7, 11) is -4.02. The van der Waals surface area contributed by atoms with Gasteiger partial charge in [-0.1, -0.05) is 35.3 Å². The zero-order valence-corrected chi connectivity index (χ0v) is 21.7. The topological polar surface area (TPSA) is 111 Å². The van der Waals surface area contributed by atoms with Gasteiger partial charge in [0, 0.05) is 28.8 Å². The van der Waals surface area contributed by atoms with Crippen LogP contribution in [0.4, 0.5) is 4.79 Å². The summed E-state index contributed by atoms with van der Waals surface area (Å²) in [6.07, 6.45) is 9.06. The standard InChI is InChI=1S/C23H26Cl2N6O3S/c1-15(2)30-14-20(12-28-30)35(33,34)29-23(32)26-9-8-16-4-3-5-17-11-27-31(22(16)17)13-18-6-7-19(24)10-21(18)25/h6-8,10-12,14-15H,3-5,9,13H2,1-2H3,(H2,26,29,32). The molecular weight excluding hydrogens is 511 g/mol. The second kappa shape index (κ2) is 10.4. The van der Waals surface area contributed by atoms with Crippen molar-refractivity contribution < 1.29 is 13.2 Å². The van der Waals surface area contributed by atoms with E-state index in [1.54, 1.807) is 12.1 Å². The van der Waals surface area contributed by atoms with Gasteiger partial charge in [-0.2, -0.15) is 10.2 Å². The maximum Gasteiger partial charge on any atom is 0.328 e. The first kappa shape index (κ1) is 25.3. The van der Waals surface area contributed by atoms with Crippen LogP contribution in [0.5, 0.6) is 0 Å². The highest BCUT2D eigenvalue weighted by molar-refractivity contribution is 7.90. The van der Waals surface area contributed by atoms with Gasteiger partial charge in [-0.05, 0) is 61.9 Å². The molecule has 0 radical (unpaired) electrons. The van der Waals surface area contributed by atoms with Crippen molar-refractivity contribution in [3.8, 4) is 0 Å². The van der Waals surface area contributed by atoms with E-state index in [4.69, 9.17) is 23.2 Å². The number of hydrogen-bond donors (Lipinski definition) is 2. The van der Waals surface area contributed by atoms with Gasteiger partial charge in [-0.15, -0.1) is 0 Å². The molecule has 0 spiro atoms. The molecule has 35 heavy (non-hydrogen) atoms. The van der Waals surface area contributed by atoms with Crippen molar-refractivity contribution in [3.63, 3.8) is 0 Å². The molecule has 4 rings (SSSR count). The number of carbonyl (C=O) groups excluding carboxylic acids is 1. The number of amides is 2. The van der Waals surface area contributed by atoms with Crippen LogP contribution in [-0.4, -0.2) is 40.6 Å². The zero-order chi connectivity index (χ0) is 25.2. The van der Waals surface area contributed by atoms with Crippen molar-refractivity contribution >= 4 is 44.8 Å². The molecule has 1 aliphatic rings. The molecule has 12 heteroatoms. The predicted molar refractivity (Wildman–Crippen MR) is 135 cm³/mol. The summed E-state index contributed by atoms with van der Waals surface area (Å²) in [6.45, 7) is 4.40. The summed E-state index contributed by atoms with van der Waals surface area (Å²) in [5.41, 5.74) is 4.06. The first-order chi connectivity index (χ1) is 16.6. The molecule has 0 unspecified atom stereocenters. The van der Waals surface area contributed by atoms with Crippen LogP contribution >= 0.6 is 23.2 Å². The number of hydrogen-bond acceptors (Lipinski definition) is 5. The fraction of sp³-hybridized carbons (Fsp3) is 0.348. The number of sulfonamides is 1. The van der Waals surface area contributed by atoms with Gasteiger partial charge in [0.25, 0.3) is 10.0 Å². The Kier molecular flexibility index (Phi) is 7.53. The first-order valence-corrected chi connectivity index (χ1v) is 13.4. The normalized spacial score (nSPS) is 14.8. The van der Waals surface area contributed by atoms with E-state index in [1.165, 1.54) is 17.1 Å². The molecule has 3 aromatic rings. The average molecular weight is 537 g/mol. The van der Waals surface area contributed by atoms with E-state index in [2.05, 4.69) is 15.5 Å². The molecular formula is C23H26Cl2N6O3S. The smallest absolute Gasteiger partial charge is 0.328 e. The molecule has 2 aromatic heterocycles. The molecule has 1 aromatic carbocycles. The lowest BCUT2D eigenvalue weighted by Crippen LogP contribution is -2.39. The summed E-state index contributed by atoms with van der Waals surface area (Å²) in [5.74, 6) is 0. The van der Waals surface area contributed by atoms with Crippen molar-refractivity contribution in [3.05, 3.63) is 69.7 Å². The molecule has 0 fully saturated rings. The van der Waals surface area contributed by atoms with E-state index in [0.717, 1.165) is 41.7 Å². The first-order valence-electron chi connectivity index (χ1n) is 11.2. The number of nitrogens with zero attached hydrogens (tertiary/aromatic N) is 4. The van der Waals surface area contributed by atoms with Crippen molar-refractivity contribution in [1.82, 2.24) is 29.6 Å². The van der Waals surface area contributed by atoms with Crippen LogP contribution in [0, 0.1) is 0 Å². The Bertz CT molecular complexity index is 1380. The number of allylic oxidation sites excluding steroid dienone is 1. The highest BCUT2D eigenvalue weighted by Gasteiger charge is 2.22. The van der Waals surface area contributed by atoms with Gasteiger partial charge in [-0.3, -0.25) is 9.36 Å². The molecule has 0 saturated heterocycles. The lowest BCUT2D eigenvalue weighted by atomic mass is 9.92. The third kappa shape index (κ3) is 5.88. The molecule has 1 aliphatic carbocycles. The Morgan fingerprint density at radius 1 is 1.20 bits per heavy atom. The van der Waals surface area contributed by atoms with Crippen LogP contribution in [-0.2, 0) is 23.0 Å². The summed E-state index contributed by atoms with van der Waals surface area (Å²) in [5, 5.41) is 12.3. The number of halogens is 2. The van der Waals surface area contributed by atoms with E-state index in [0.29, 0.717) is 16.6 Å². The van der Waals surface area contributed by atoms with Crippen molar-refractivity contribution in [2.75, 3.05) is 6.54 Å². The molecule has 0 bridgehead atoms. The minimum absolute atomic E-state index is 0.00365. The van der Waals surface area contributed by atoms with Crippen molar-refractivity contribution in [1.29, 1.82) is 0 Å². The van der Waals surface area contributed by atoms with Crippen LogP contribution < -0.4 is 10.0 Å². The maximum atomic E-state index is 12.5. The fourth-order valence-electron chi connectivity index (χ4n) is 3.92. The van der Waals surface area contributed by atoms with Crippen molar-refractivity contribution in [2.24, 2.45) is 0 Å². The Morgan fingerprint density at radius 2 is 2.00 bits per heavy atom. The minimum Gasteiger partial charge on any atom is -0.334 e. The van der Waals surface area contributed by atoms with Gasteiger partial charge >= 0.3 is 6.03 Å². The van der Waals surface area contributed by atoms with Crippen LogP contribution in [0.15, 0.2) is 47.8 Å². The van der Waals surface area contributed by atoms with Crippen LogP contribution in [0.1, 0.15) is 49.6 Å². The summed E-state index contributed by atoms with van der Waals surface area (Å²) >= 11 is 12.4. The lowest BCUT2D eigenvalue weighted by Gasteiger charge is -2.18. The second-order valence-corrected chi connectivity index (χ2v) is 11.1. The van der Waals surface area contributed by atoms with E-state index in [1.807, 2.05) is 41.6 Å². The highest BCUT2D eigenvalue weighted by atomic mass is 35.5. The van der Waals surface area contributed by atoms with Crippen LogP contribution in [0.2, 0.25) is 10.0 Å². The van der Waals surface area contributed by atoms with Gasteiger partial charge in [0.2, 0.25) is 0 Å². The van der Waals surface area contributed by atoms with E-state index in [-0.39, 0.29) is 17.5 Å². The van der Waals surface area contributed by atoms with E-state index < -0.39 is 16.1 Å². The number of urea groups is 1. The van der Waals surface area contributed by atoms with E-state index in [9.17, 15) is 13.2 Å².